The predicted octanol–water partition coefficient (Wildman–Crippen LogP) is 0.367. The Hall–Kier alpha value is -1.49. The molecule has 0 aromatic carbocycles. The van der Waals surface area contributed by atoms with Crippen LogP contribution in [0.15, 0.2) is 18.6 Å². The predicted molar refractivity (Wildman–Crippen MR) is 55.3 cm³/mol. The Kier molecular flexibility index (Phi) is 3.74. The Balaban J connectivity index is 2.38. The van der Waals surface area contributed by atoms with Gasteiger partial charge in [0.25, 0.3) is 5.91 Å². The Morgan fingerprint density at radius 1 is 1.53 bits per heavy atom. The molecule has 0 aliphatic rings. The summed E-state index contributed by atoms with van der Waals surface area (Å²) in [7, 11) is 0. The monoisotopic (exact) mass is 209 g/mol. The second-order valence-electron chi connectivity index (χ2n) is 3.91. The van der Waals surface area contributed by atoms with Crippen LogP contribution in [0.5, 0.6) is 0 Å². The molecule has 0 saturated carbocycles. The van der Waals surface area contributed by atoms with Gasteiger partial charge >= 0.3 is 0 Å². The van der Waals surface area contributed by atoms with Crippen molar-refractivity contribution in [3.8, 4) is 0 Å². The minimum atomic E-state index is -0.768. The van der Waals surface area contributed by atoms with Crippen molar-refractivity contribution >= 4 is 5.91 Å². The van der Waals surface area contributed by atoms with Crippen molar-refractivity contribution in [2.75, 3.05) is 6.54 Å². The lowest BCUT2D eigenvalue weighted by atomic mass is 10.1. The van der Waals surface area contributed by atoms with E-state index in [0.717, 1.165) is 0 Å². The minimum absolute atomic E-state index is 0.271. The van der Waals surface area contributed by atoms with Crippen molar-refractivity contribution in [2.24, 2.45) is 0 Å². The van der Waals surface area contributed by atoms with Crippen LogP contribution in [-0.4, -0.2) is 33.1 Å². The molecule has 0 bridgehead atoms. The zero-order chi connectivity index (χ0) is 11.3. The third-order valence-electron chi connectivity index (χ3n) is 1.82. The van der Waals surface area contributed by atoms with Crippen LogP contribution < -0.4 is 5.32 Å². The molecule has 82 valence electrons. The summed E-state index contributed by atoms with van der Waals surface area (Å²) in [6.45, 7) is 3.81. The van der Waals surface area contributed by atoms with E-state index in [0.29, 0.717) is 13.0 Å². The van der Waals surface area contributed by atoms with Gasteiger partial charge in [-0.15, -0.1) is 0 Å². The second kappa shape index (κ2) is 4.84. The Morgan fingerprint density at radius 3 is 2.80 bits per heavy atom. The number of carbonyl (C=O) groups excluding carboxylic acids is 1. The van der Waals surface area contributed by atoms with Crippen molar-refractivity contribution in [1.29, 1.82) is 0 Å². The van der Waals surface area contributed by atoms with Crippen molar-refractivity contribution in [1.82, 2.24) is 15.3 Å². The molecular weight excluding hydrogens is 194 g/mol. The first-order valence-electron chi connectivity index (χ1n) is 4.76. The van der Waals surface area contributed by atoms with Gasteiger partial charge < -0.3 is 10.4 Å². The largest absolute Gasteiger partial charge is 0.390 e. The van der Waals surface area contributed by atoms with Gasteiger partial charge in [0.2, 0.25) is 0 Å². The molecule has 0 unspecified atom stereocenters. The molecule has 1 aromatic rings. The first-order chi connectivity index (χ1) is 6.99. The summed E-state index contributed by atoms with van der Waals surface area (Å²) in [4.78, 5) is 19.1. The van der Waals surface area contributed by atoms with Gasteiger partial charge in [0, 0.05) is 18.9 Å². The van der Waals surface area contributed by atoms with Gasteiger partial charge in [-0.2, -0.15) is 0 Å². The molecule has 1 heterocycles. The third kappa shape index (κ3) is 4.51. The molecule has 0 fully saturated rings. The zero-order valence-electron chi connectivity index (χ0n) is 8.90. The lowest BCUT2D eigenvalue weighted by molar-refractivity contribution is 0.0692. The summed E-state index contributed by atoms with van der Waals surface area (Å²) in [5, 5.41) is 12.1. The molecule has 0 aliphatic carbocycles. The number of nitrogens with one attached hydrogen (secondary N) is 1. The maximum atomic E-state index is 11.4. The fourth-order valence-corrected chi connectivity index (χ4v) is 0.989. The third-order valence-corrected chi connectivity index (χ3v) is 1.82. The molecular formula is C10H15N3O2. The first kappa shape index (κ1) is 11.6. The van der Waals surface area contributed by atoms with Crippen LogP contribution in [0.4, 0.5) is 0 Å². The SMILES string of the molecule is CC(C)(O)CCNC(=O)c1cnccn1. The van der Waals surface area contributed by atoms with E-state index in [2.05, 4.69) is 15.3 Å². The molecule has 5 nitrogen and oxygen atoms in total. The van der Waals surface area contributed by atoms with E-state index in [1.54, 1.807) is 13.8 Å². The van der Waals surface area contributed by atoms with E-state index in [-0.39, 0.29) is 11.6 Å². The molecule has 2 N–H and O–H groups in total. The van der Waals surface area contributed by atoms with Gasteiger partial charge in [-0.05, 0) is 20.3 Å². The molecule has 1 rings (SSSR count). The fourth-order valence-electron chi connectivity index (χ4n) is 0.989. The first-order valence-corrected chi connectivity index (χ1v) is 4.76. The van der Waals surface area contributed by atoms with E-state index in [9.17, 15) is 9.90 Å². The Morgan fingerprint density at radius 2 is 2.27 bits per heavy atom. The molecule has 5 heteroatoms. The topological polar surface area (TPSA) is 75.1 Å². The van der Waals surface area contributed by atoms with E-state index < -0.39 is 5.60 Å². The lowest BCUT2D eigenvalue weighted by Crippen LogP contribution is -2.31. The zero-order valence-corrected chi connectivity index (χ0v) is 8.90. The van der Waals surface area contributed by atoms with Crippen molar-refractivity contribution in [3.05, 3.63) is 24.3 Å². The summed E-state index contributed by atoms with van der Waals surface area (Å²) in [6, 6.07) is 0. The van der Waals surface area contributed by atoms with Gasteiger partial charge in [-0.3, -0.25) is 9.78 Å². The normalized spacial score (nSPS) is 11.1. The number of carbonyl (C=O) groups is 1. The van der Waals surface area contributed by atoms with Crippen LogP contribution >= 0.6 is 0 Å². The van der Waals surface area contributed by atoms with E-state index in [1.165, 1.54) is 18.6 Å². The highest BCUT2D eigenvalue weighted by Crippen LogP contribution is 2.05. The van der Waals surface area contributed by atoms with Crippen LogP contribution in [-0.2, 0) is 0 Å². The van der Waals surface area contributed by atoms with Gasteiger partial charge in [0.1, 0.15) is 5.69 Å². The summed E-state index contributed by atoms with van der Waals surface area (Å²) < 4.78 is 0. The van der Waals surface area contributed by atoms with Gasteiger partial charge in [0.15, 0.2) is 0 Å². The van der Waals surface area contributed by atoms with Gasteiger partial charge in [0.05, 0.1) is 11.8 Å². The second-order valence-corrected chi connectivity index (χ2v) is 3.91. The van der Waals surface area contributed by atoms with Crippen LogP contribution in [0, 0.1) is 0 Å². The van der Waals surface area contributed by atoms with Gasteiger partial charge in [-0.1, -0.05) is 0 Å². The quantitative estimate of drug-likeness (QED) is 0.751. The van der Waals surface area contributed by atoms with Gasteiger partial charge in [-0.25, -0.2) is 4.98 Å². The standard InChI is InChI=1S/C10H15N3O2/c1-10(2,15)3-4-13-9(14)8-7-11-5-6-12-8/h5-7,15H,3-4H2,1-2H3,(H,13,14). The molecule has 0 atom stereocenters. The fraction of sp³-hybridized carbons (Fsp3) is 0.500. The summed E-state index contributed by atoms with van der Waals surface area (Å²) in [6.07, 6.45) is 4.87. The molecule has 1 aromatic heterocycles. The van der Waals surface area contributed by atoms with Crippen LogP contribution in [0.1, 0.15) is 30.8 Å². The average molecular weight is 209 g/mol. The molecule has 0 aliphatic heterocycles. The van der Waals surface area contributed by atoms with Crippen LogP contribution in [0.25, 0.3) is 0 Å². The lowest BCUT2D eigenvalue weighted by Gasteiger charge is -2.16. The van der Waals surface area contributed by atoms with E-state index >= 15 is 0 Å². The number of hydrogen-bond acceptors (Lipinski definition) is 4. The molecule has 0 radical (unpaired) electrons. The number of amides is 1. The summed E-state index contributed by atoms with van der Waals surface area (Å²) in [5.74, 6) is -0.271. The summed E-state index contributed by atoms with van der Waals surface area (Å²) >= 11 is 0. The number of nitrogens with zero attached hydrogens (tertiary/aromatic N) is 2. The van der Waals surface area contributed by atoms with Crippen molar-refractivity contribution in [3.63, 3.8) is 0 Å². The average Bonchev–Trinajstić information content (AvgIpc) is 2.17. The summed E-state index contributed by atoms with van der Waals surface area (Å²) in [5.41, 5.74) is -0.483. The van der Waals surface area contributed by atoms with Crippen molar-refractivity contribution < 1.29 is 9.90 Å². The number of rotatable bonds is 4. The van der Waals surface area contributed by atoms with Crippen LogP contribution in [0.2, 0.25) is 0 Å². The van der Waals surface area contributed by atoms with E-state index in [1.807, 2.05) is 0 Å². The number of hydrogen-bond donors (Lipinski definition) is 2. The highest BCUT2D eigenvalue weighted by Gasteiger charge is 2.13. The molecule has 0 saturated heterocycles. The highest BCUT2D eigenvalue weighted by molar-refractivity contribution is 5.91. The Bertz CT molecular complexity index is 319. The van der Waals surface area contributed by atoms with Crippen molar-refractivity contribution in [2.45, 2.75) is 25.9 Å². The van der Waals surface area contributed by atoms with E-state index in [4.69, 9.17) is 0 Å². The Labute approximate surface area is 88.6 Å². The molecule has 0 spiro atoms. The minimum Gasteiger partial charge on any atom is -0.390 e. The highest BCUT2D eigenvalue weighted by atomic mass is 16.3. The molecule has 15 heavy (non-hydrogen) atoms. The van der Waals surface area contributed by atoms with Crippen LogP contribution in [0.3, 0.4) is 0 Å². The molecule has 1 amide bonds. The number of aliphatic hydroxyl groups is 1. The number of aromatic nitrogens is 2. The smallest absolute Gasteiger partial charge is 0.271 e. The maximum Gasteiger partial charge on any atom is 0.271 e. The maximum absolute atomic E-state index is 11.4.